The summed E-state index contributed by atoms with van der Waals surface area (Å²) in [7, 11) is 0. The number of nitrogens with one attached hydrogen (secondary N) is 1. The second-order valence-corrected chi connectivity index (χ2v) is 3.66. The van der Waals surface area contributed by atoms with Gasteiger partial charge in [0.15, 0.2) is 5.96 Å². The zero-order chi connectivity index (χ0) is 13.3. The van der Waals surface area contributed by atoms with E-state index in [1.54, 1.807) is 0 Å². The van der Waals surface area contributed by atoms with Crippen LogP contribution in [0.4, 0.5) is 5.69 Å². The molecular formula is C9H11N7O2. The van der Waals surface area contributed by atoms with Gasteiger partial charge in [-0.2, -0.15) is 4.99 Å². The highest BCUT2D eigenvalue weighted by atomic mass is 16.6. The van der Waals surface area contributed by atoms with E-state index in [1.165, 1.54) is 24.3 Å². The maximum atomic E-state index is 10.5. The molecule has 9 heteroatoms. The van der Waals surface area contributed by atoms with Crippen molar-refractivity contribution in [3.63, 3.8) is 0 Å². The van der Waals surface area contributed by atoms with E-state index in [0.29, 0.717) is 5.56 Å². The minimum atomic E-state index is -1.37. The topological polar surface area (TPSA) is 158 Å². The van der Waals surface area contributed by atoms with Crippen LogP contribution < -0.4 is 22.5 Å². The quantitative estimate of drug-likeness (QED) is 0.384. The van der Waals surface area contributed by atoms with Crippen LogP contribution in [-0.4, -0.2) is 16.8 Å². The van der Waals surface area contributed by atoms with Crippen molar-refractivity contribution in [1.82, 2.24) is 5.32 Å². The first-order valence-electron chi connectivity index (χ1n) is 4.92. The molecular weight excluding hydrogens is 238 g/mol. The first kappa shape index (κ1) is 11.8. The van der Waals surface area contributed by atoms with Gasteiger partial charge in [-0.15, -0.1) is 0 Å². The van der Waals surface area contributed by atoms with Gasteiger partial charge in [0.2, 0.25) is 11.7 Å². The van der Waals surface area contributed by atoms with E-state index in [0.717, 1.165) is 0 Å². The van der Waals surface area contributed by atoms with E-state index in [-0.39, 0.29) is 17.6 Å². The van der Waals surface area contributed by atoms with Crippen LogP contribution >= 0.6 is 0 Å². The zero-order valence-corrected chi connectivity index (χ0v) is 9.20. The second kappa shape index (κ2) is 3.96. The van der Waals surface area contributed by atoms with Crippen molar-refractivity contribution >= 4 is 17.6 Å². The summed E-state index contributed by atoms with van der Waals surface area (Å²) in [5.74, 6) is -1.40. The molecule has 1 heterocycles. The van der Waals surface area contributed by atoms with Crippen molar-refractivity contribution in [2.45, 2.75) is 5.79 Å². The number of non-ortho nitro benzene ring substituents is 1. The van der Waals surface area contributed by atoms with Crippen LogP contribution in [0.2, 0.25) is 0 Å². The van der Waals surface area contributed by atoms with E-state index < -0.39 is 10.7 Å². The van der Waals surface area contributed by atoms with Gasteiger partial charge in [0.25, 0.3) is 5.69 Å². The SMILES string of the molecule is NC1=NC(N)(c2ccc([N+](=O)[O-])cc2)NC(N)=N1. The summed E-state index contributed by atoms with van der Waals surface area (Å²) >= 11 is 0. The molecule has 0 bridgehead atoms. The minimum Gasteiger partial charge on any atom is -0.369 e. The zero-order valence-electron chi connectivity index (χ0n) is 9.20. The molecule has 0 saturated heterocycles. The molecule has 18 heavy (non-hydrogen) atoms. The normalized spacial score (nSPS) is 22.7. The first-order chi connectivity index (χ1) is 8.40. The molecule has 0 aliphatic carbocycles. The van der Waals surface area contributed by atoms with Crippen LogP contribution in [0.25, 0.3) is 0 Å². The Hall–Kier alpha value is -2.68. The van der Waals surface area contributed by atoms with Gasteiger partial charge in [-0.05, 0) is 12.1 Å². The van der Waals surface area contributed by atoms with E-state index in [2.05, 4.69) is 15.3 Å². The molecule has 7 N–H and O–H groups in total. The highest BCUT2D eigenvalue weighted by molar-refractivity contribution is 5.95. The molecule has 1 atom stereocenters. The van der Waals surface area contributed by atoms with E-state index in [4.69, 9.17) is 17.2 Å². The van der Waals surface area contributed by atoms with E-state index in [1.807, 2.05) is 0 Å². The Morgan fingerprint density at radius 1 is 1.28 bits per heavy atom. The van der Waals surface area contributed by atoms with Crippen LogP contribution in [0.1, 0.15) is 5.56 Å². The molecule has 1 unspecified atom stereocenters. The van der Waals surface area contributed by atoms with Crippen LogP contribution in [0, 0.1) is 10.1 Å². The van der Waals surface area contributed by atoms with Crippen LogP contribution in [0.5, 0.6) is 0 Å². The van der Waals surface area contributed by atoms with Gasteiger partial charge in [0.05, 0.1) is 4.92 Å². The smallest absolute Gasteiger partial charge is 0.269 e. The van der Waals surface area contributed by atoms with Gasteiger partial charge >= 0.3 is 0 Å². The monoisotopic (exact) mass is 249 g/mol. The van der Waals surface area contributed by atoms with Crippen molar-refractivity contribution in [3.05, 3.63) is 39.9 Å². The average Bonchev–Trinajstić information content (AvgIpc) is 2.27. The largest absolute Gasteiger partial charge is 0.369 e. The van der Waals surface area contributed by atoms with Crippen LogP contribution in [0.15, 0.2) is 34.3 Å². The summed E-state index contributed by atoms with van der Waals surface area (Å²) < 4.78 is 0. The van der Waals surface area contributed by atoms with Crippen LogP contribution in [0.3, 0.4) is 0 Å². The number of nitrogens with zero attached hydrogens (tertiary/aromatic N) is 3. The molecule has 2 rings (SSSR count). The van der Waals surface area contributed by atoms with E-state index >= 15 is 0 Å². The number of rotatable bonds is 2. The highest BCUT2D eigenvalue weighted by Gasteiger charge is 2.30. The van der Waals surface area contributed by atoms with Gasteiger partial charge in [-0.3, -0.25) is 15.8 Å². The number of nitro groups is 1. The summed E-state index contributed by atoms with van der Waals surface area (Å²) in [4.78, 5) is 17.6. The fourth-order valence-corrected chi connectivity index (χ4v) is 1.55. The number of hydrogen-bond acceptors (Lipinski definition) is 8. The molecule has 1 aliphatic heterocycles. The van der Waals surface area contributed by atoms with Crippen molar-refractivity contribution in [1.29, 1.82) is 0 Å². The van der Waals surface area contributed by atoms with Crippen molar-refractivity contribution in [3.8, 4) is 0 Å². The molecule has 0 fully saturated rings. The number of aliphatic imine (C=N–C) groups is 2. The van der Waals surface area contributed by atoms with Crippen molar-refractivity contribution in [2.24, 2.45) is 27.2 Å². The third-order valence-corrected chi connectivity index (χ3v) is 2.36. The standard InChI is InChI=1S/C9H11N7O2/c10-7-13-8(11)15-9(12,14-7)5-1-3-6(4-2-5)16(17)18/h1-4H,12H2,(H5,10,11,13,14,15). The lowest BCUT2D eigenvalue weighted by atomic mass is 10.1. The number of nitro benzene ring substituents is 1. The third kappa shape index (κ3) is 2.06. The van der Waals surface area contributed by atoms with Gasteiger partial charge < -0.3 is 16.8 Å². The van der Waals surface area contributed by atoms with Crippen molar-refractivity contribution < 1.29 is 4.92 Å². The number of benzene rings is 1. The second-order valence-electron chi connectivity index (χ2n) is 3.66. The maximum absolute atomic E-state index is 10.5. The predicted octanol–water partition coefficient (Wildman–Crippen LogP) is -1.10. The summed E-state index contributed by atoms with van der Waals surface area (Å²) in [5.41, 5.74) is 17.4. The van der Waals surface area contributed by atoms with Gasteiger partial charge in [0.1, 0.15) is 0 Å². The van der Waals surface area contributed by atoms with Gasteiger partial charge in [-0.1, -0.05) is 0 Å². The molecule has 0 aromatic heterocycles. The molecule has 1 aliphatic rings. The average molecular weight is 249 g/mol. The Balaban J connectivity index is 2.37. The lowest BCUT2D eigenvalue weighted by Gasteiger charge is -2.29. The molecule has 1 aromatic rings. The summed E-state index contributed by atoms with van der Waals surface area (Å²) in [6, 6.07) is 5.58. The van der Waals surface area contributed by atoms with Crippen LogP contribution in [-0.2, 0) is 5.79 Å². The minimum absolute atomic E-state index is 0.0309. The molecule has 94 valence electrons. The predicted molar refractivity (Wildman–Crippen MR) is 65.3 cm³/mol. The van der Waals surface area contributed by atoms with Gasteiger partial charge in [-0.25, -0.2) is 4.99 Å². The lowest BCUT2D eigenvalue weighted by molar-refractivity contribution is -0.384. The summed E-state index contributed by atoms with van der Waals surface area (Å²) in [5, 5.41) is 13.2. The molecule has 0 saturated carbocycles. The summed E-state index contributed by atoms with van der Waals surface area (Å²) in [6.07, 6.45) is 0. The fourth-order valence-electron chi connectivity index (χ4n) is 1.55. The first-order valence-corrected chi connectivity index (χ1v) is 4.92. The number of hydrogen-bond donors (Lipinski definition) is 4. The Bertz CT molecular complexity index is 551. The summed E-state index contributed by atoms with van der Waals surface area (Å²) in [6.45, 7) is 0. The Morgan fingerprint density at radius 2 is 1.89 bits per heavy atom. The lowest BCUT2D eigenvalue weighted by Crippen LogP contribution is -2.57. The van der Waals surface area contributed by atoms with Crippen molar-refractivity contribution in [2.75, 3.05) is 0 Å². The molecule has 0 radical (unpaired) electrons. The fraction of sp³-hybridized carbons (Fsp3) is 0.111. The Labute approximate surface area is 102 Å². The maximum Gasteiger partial charge on any atom is 0.269 e. The molecule has 1 aromatic carbocycles. The molecule has 0 amide bonds. The Morgan fingerprint density at radius 3 is 2.39 bits per heavy atom. The molecule has 9 nitrogen and oxygen atoms in total. The third-order valence-electron chi connectivity index (χ3n) is 2.36. The van der Waals surface area contributed by atoms with Gasteiger partial charge in [0, 0.05) is 17.7 Å². The Kier molecular flexibility index (Phi) is 2.60. The number of nitrogens with two attached hydrogens (primary N) is 3. The highest BCUT2D eigenvalue weighted by Crippen LogP contribution is 2.21. The molecule has 0 spiro atoms. The van der Waals surface area contributed by atoms with E-state index in [9.17, 15) is 10.1 Å². The number of guanidine groups is 2.